The highest BCUT2D eigenvalue weighted by Gasteiger charge is 2.34. The number of rotatable bonds is 18. The second-order valence-corrected chi connectivity index (χ2v) is 8.61. The lowest BCUT2D eigenvalue weighted by atomic mass is 9.83. The van der Waals surface area contributed by atoms with Crippen LogP contribution in [0.25, 0.3) is 0 Å². The van der Waals surface area contributed by atoms with Gasteiger partial charge in [0, 0.05) is 0 Å². The van der Waals surface area contributed by atoms with E-state index >= 15 is 0 Å². The molecule has 0 aromatic rings. The third kappa shape index (κ3) is 12.8. The fraction of sp³-hybridized carbons (Fsp3) is 0.840. The van der Waals surface area contributed by atoms with E-state index in [1.165, 1.54) is 83.5 Å². The molecule has 0 amide bonds. The number of unbranched alkanes of at least 4 members (excludes halogenated alkanes) is 14. The van der Waals surface area contributed by atoms with Gasteiger partial charge in [0.15, 0.2) is 0 Å². The largest absolute Gasteiger partial charge is 0.481 e. The summed E-state index contributed by atoms with van der Waals surface area (Å²) in [6.45, 7) is 2.69. The molecule has 0 spiro atoms. The minimum atomic E-state index is -0.900. The van der Waals surface area contributed by atoms with Crippen LogP contribution in [0, 0.1) is 11.8 Å². The van der Waals surface area contributed by atoms with Crippen molar-refractivity contribution in [3.8, 4) is 0 Å². The van der Waals surface area contributed by atoms with E-state index in [-0.39, 0.29) is 5.97 Å². The minimum absolute atomic E-state index is 0.341. The molecule has 0 aliphatic heterocycles. The zero-order valence-corrected chi connectivity index (χ0v) is 18.7. The summed E-state index contributed by atoms with van der Waals surface area (Å²) in [5.74, 6) is -2.39. The molecule has 0 aromatic carbocycles. The van der Waals surface area contributed by atoms with Crippen LogP contribution in [-0.4, -0.2) is 23.7 Å². The molecule has 0 fully saturated rings. The summed E-state index contributed by atoms with van der Waals surface area (Å²) >= 11 is 0. The molecule has 4 nitrogen and oxygen atoms in total. The Morgan fingerprint density at radius 1 is 0.724 bits per heavy atom. The van der Waals surface area contributed by atoms with Crippen molar-refractivity contribution >= 4 is 11.9 Å². The molecule has 29 heavy (non-hydrogen) atoms. The number of hydrogen-bond acceptors (Lipinski definition) is 3. The number of allylic oxidation sites excluding steroid dienone is 2. The number of carboxylic acid groups (broad SMARTS) is 1. The minimum Gasteiger partial charge on any atom is -0.481 e. The second kappa shape index (κ2) is 17.5. The lowest BCUT2D eigenvalue weighted by Crippen LogP contribution is -2.32. The van der Waals surface area contributed by atoms with Crippen molar-refractivity contribution in [3.63, 3.8) is 0 Å². The summed E-state index contributed by atoms with van der Waals surface area (Å²) < 4.78 is 5.34. The Kier molecular flexibility index (Phi) is 15.5. The van der Waals surface area contributed by atoms with Crippen LogP contribution in [-0.2, 0) is 14.3 Å². The fourth-order valence-corrected chi connectivity index (χ4v) is 4.10. The van der Waals surface area contributed by atoms with Gasteiger partial charge in [0.2, 0.25) is 0 Å². The van der Waals surface area contributed by atoms with E-state index in [1.807, 2.05) is 12.2 Å². The molecule has 2 unspecified atom stereocenters. The number of aliphatic carboxylic acids is 1. The summed E-state index contributed by atoms with van der Waals surface area (Å²) in [5, 5.41) is 9.23. The van der Waals surface area contributed by atoms with Gasteiger partial charge >= 0.3 is 11.9 Å². The first kappa shape index (κ1) is 25.7. The molecule has 0 saturated carbocycles. The molecular weight excluding hydrogens is 364 g/mol. The molecule has 168 valence electrons. The summed E-state index contributed by atoms with van der Waals surface area (Å²) in [7, 11) is 0. The normalized spacial score (nSPS) is 18.7. The van der Waals surface area contributed by atoms with E-state index in [1.54, 1.807) is 0 Å². The topological polar surface area (TPSA) is 63.6 Å². The SMILES string of the molecule is CCCCCCCCCCCCCCCCCOC(=O)C1CC=CCC1C(=O)O. The van der Waals surface area contributed by atoms with Gasteiger partial charge in [-0.1, -0.05) is 109 Å². The first-order chi connectivity index (χ1) is 14.2. The van der Waals surface area contributed by atoms with Crippen molar-refractivity contribution in [2.45, 2.75) is 116 Å². The zero-order valence-electron chi connectivity index (χ0n) is 18.7. The van der Waals surface area contributed by atoms with Crippen LogP contribution in [0.4, 0.5) is 0 Å². The molecule has 2 atom stereocenters. The quantitative estimate of drug-likeness (QED) is 0.150. The van der Waals surface area contributed by atoms with E-state index in [0.717, 1.165) is 12.8 Å². The van der Waals surface area contributed by atoms with Crippen molar-refractivity contribution in [1.82, 2.24) is 0 Å². The molecule has 0 aromatic heterocycles. The number of esters is 1. The van der Waals surface area contributed by atoms with Crippen molar-refractivity contribution in [3.05, 3.63) is 12.2 Å². The summed E-state index contributed by atoms with van der Waals surface area (Å²) in [4.78, 5) is 23.4. The molecule has 1 aliphatic rings. The average Bonchev–Trinajstić information content (AvgIpc) is 2.73. The number of ether oxygens (including phenoxy) is 1. The van der Waals surface area contributed by atoms with Gasteiger partial charge in [-0.05, 0) is 19.3 Å². The van der Waals surface area contributed by atoms with Crippen LogP contribution >= 0.6 is 0 Å². The van der Waals surface area contributed by atoms with Crippen molar-refractivity contribution in [1.29, 1.82) is 0 Å². The third-order valence-corrected chi connectivity index (χ3v) is 6.04. The van der Waals surface area contributed by atoms with Crippen molar-refractivity contribution in [2.24, 2.45) is 11.8 Å². The molecule has 1 aliphatic carbocycles. The fourth-order valence-electron chi connectivity index (χ4n) is 4.10. The maximum atomic E-state index is 12.1. The molecule has 1 rings (SSSR count). The third-order valence-electron chi connectivity index (χ3n) is 6.04. The standard InChI is InChI=1S/C25H44O4/c1-2-3-4-5-6-7-8-9-10-11-12-13-14-15-18-21-29-25(28)23-20-17-16-19-22(23)24(26)27/h16-17,22-23H,2-15,18-21H2,1H3,(H,26,27). The second-order valence-electron chi connectivity index (χ2n) is 8.61. The predicted octanol–water partition coefficient (Wildman–Crippen LogP) is 7.07. The van der Waals surface area contributed by atoms with Gasteiger partial charge in [-0.2, -0.15) is 0 Å². The maximum absolute atomic E-state index is 12.1. The van der Waals surface area contributed by atoms with E-state index in [9.17, 15) is 14.7 Å². The first-order valence-electron chi connectivity index (χ1n) is 12.2. The Labute approximate surface area is 178 Å². The van der Waals surface area contributed by atoms with Crippen LogP contribution in [0.2, 0.25) is 0 Å². The number of carboxylic acids is 1. The Morgan fingerprint density at radius 3 is 1.59 bits per heavy atom. The van der Waals surface area contributed by atoms with Gasteiger partial charge in [0.25, 0.3) is 0 Å². The van der Waals surface area contributed by atoms with E-state index in [0.29, 0.717) is 19.4 Å². The number of carbonyl (C=O) groups excluding carboxylic acids is 1. The van der Waals surface area contributed by atoms with Gasteiger partial charge in [0.1, 0.15) is 0 Å². The molecule has 4 heteroatoms. The molecule has 0 heterocycles. The highest BCUT2D eigenvalue weighted by Crippen LogP contribution is 2.27. The van der Waals surface area contributed by atoms with Crippen molar-refractivity contribution < 1.29 is 19.4 Å². The van der Waals surface area contributed by atoms with Crippen LogP contribution in [0.5, 0.6) is 0 Å². The van der Waals surface area contributed by atoms with E-state index in [4.69, 9.17) is 4.74 Å². The van der Waals surface area contributed by atoms with Crippen LogP contribution in [0.15, 0.2) is 12.2 Å². The first-order valence-corrected chi connectivity index (χ1v) is 12.2. The number of hydrogen-bond donors (Lipinski definition) is 1. The van der Waals surface area contributed by atoms with Crippen LogP contribution in [0.3, 0.4) is 0 Å². The number of carbonyl (C=O) groups is 2. The maximum Gasteiger partial charge on any atom is 0.310 e. The monoisotopic (exact) mass is 408 g/mol. The molecule has 0 bridgehead atoms. The molecule has 0 saturated heterocycles. The Hall–Kier alpha value is -1.32. The van der Waals surface area contributed by atoms with Gasteiger partial charge in [0.05, 0.1) is 18.4 Å². The molecule has 0 radical (unpaired) electrons. The van der Waals surface area contributed by atoms with Gasteiger partial charge < -0.3 is 9.84 Å². The Bertz CT molecular complexity index is 458. The lowest BCUT2D eigenvalue weighted by Gasteiger charge is -2.23. The highest BCUT2D eigenvalue weighted by molar-refractivity contribution is 5.81. The van der Waals surface area contributed by atoms with E-state index < -0.39 is 17.8 Å². The van der Waals surface area contributed by atoms with E-state index in [2.05, 4.69) is 6.92 Å². The Morgan fingerprint density at radius 2 is 1.14 bits per heavy atom. The van der Waals surface area contributed by atoms with Crippen LogP contribution in [0.1, 0.15) is 116 Å². The summed E-state index contributed by atoms with van der Waals surface area (Å²) in [6, 6.07) is 0. The van der Waals surface area contributed by atoms with Gasteiger partial charge in [-0.15, -0.1) is 0 Å². The van der Waals surface area contributed by atoms with Crippen molar-refractivity contribution in [2.75, 3.05) is 6.61 Å². The highest BCUT2D eigenvalue weighted by atomic mass is 16.5. The summed E-state index contributed by atoms with van der Waals surface area (Å²) in [6.07, 6.45) is 24.2. The smallest absolute Gasteiger partial charge is 0.310 e. The lowest BCUT2D eigenvalue weighted by molar-refractivity contribution is -0.158. The molecular formula is C25H44O4. The van der Waals surface area contributed by atoms with Gasteiger partial charge in [-0.3, -0.25) is 9.59 Å². The predicted molar refractivity (Wildman–Crippen MR) is 119 cm³/mol. The van der Waals surface area contributed by atoms with Gasteiger partial charge in [-0.25, -0.2) is 0 Å². The summed E-state index contributed by atoms with van der Waals surface area (Å²) in [5.41, 5.74) is 0. The average molecular weight is 409 g/mol. The van der Waals surface area contributed by atoms with Crippen LogP contribution < -0.4 is 0 Å². The zero-order chi connectivity index (χ0) is 21.2. The Balaban J connectivity index is 1.87. The molecule has 1 N–H and O–H groups in total.